The zero-order valence-corrected chi connectivity index (χ0v) is 39.1. The van der Waals surface area contributed by atoms with E-state index in [9.17, 15) is 19.4 Å². The molecule has 0 amide bonds. The Morgan fingerprint density at radius 3 is 1.39 bits per heavy atom. The highest BCUT2D eigenvalue weighted by Gasteiger charge is 2.26. The molecule has 0 bridgehead atoms. The molecule has 3 N–H and O–H groups in total. The van der Waals surface area contributed by atoms with Gasteiger partial charge in [-0.15, -0.1) is 0 Å². The summed E-state index contributed by atoms with van der Waals surface area (Å²) in [5.74, 6) is -0.385. The molecule has 0 aliphatic carbocycles. The molecule has 0 heterocycles. The van der Waals surface area contributed by atoms with Crippen molar-refractivity contribution in [3.63, 3.8) is 0 Å². The molecular weight excluding hydrogens is 764 g/mol. The number of phosphoric ester groups is 1. The molecule has 0 aliphatic heterocycles. The van der Waals surface area contributed by atoms with E-state index >= 15 is 0 Å². The van der Waals surface area contributed by atoms with Gasteiger partial charge in [-0.3, -0.25) is 13.8 Å². The number of unbranched alkanes of at least 4 members (excludes halogenated alkanes) is 27. The molecule has 3 unspecified atom stereocenters. The SMILES string of the molecule is CCCCCC/C=C\C/C=C\CCCCCCCCCCOCC(COP(=O)(O)OCC(O)CO)OC(=O)CCCCCCCCCCC/C=C\CCCCCCCC. The minimum atomic E-state index is -4.52. The average Bonchev–Trinajstić information content (AvgIpc) is 3.23. The largest absolute Gasteiger partial charge is 0.472 e. The van der Waals surface area contributed by atoms with Gasteiger partial charge in [0.1, 0.15) is 12.2 Å². The smallest absolute Gasteiger partial charge is 0.457 e. The van der Waals surface area contributed by atoms with E-state index in [1.165, 1.54) is 154 Å². The van der Waals surface area contributed by atoms with Gasteiger partial charge in [-0.2, -0.15) is 0 Å². The summed E-state index contributed by atoms with van der Waals surface area (Å²) in [4.78, 5) is 22.7. The van der Waals surface area contributed by atoms with Gasteiger partial charge in [0, 0.05) is 13.0 Å². The summed E-state index contributed by atoms with van der Waals surface area (Å²) < 4.78 is 33.5. The van der Waals surface area contributed by atoms with E-state index in [1.807, 2.05) is 0 Å². The number of hydrogen-bond acceptors (Lipinski definition) is 8. The molecule has 0 fully saturated rings. The highest BCUT2D eigenvalue weighted by atomic mass is 31.2. The van der Waals surface area contributed by atoms with Crippen LogP contribution in [-0.2, 0) is 27.9 Å². The van der Waals surface area contributed by atoms with Crippen molar-refractivity contribution in [3.05, 3.63) is 36.5 Å². The molecule has 59 heavy (non-hydrogen) atoms. The first-order chi connectivity index (χ1) is 28.8. The predicted octanol–water partition coefficient (Wildman–Crippen LogP) is 14.0. The third-order valence-electron chi connectivity index (χ3n) is 10.5. The average molecular weight is 857 g/mol. The Morgan fingerprint density at radius 2 is 0.915 bits per heavy atom. The Kier molecular flexibility index (Phi) is 45.2. The molecule has 0 saturated carbocycles. The maximum absolute atomic E-state index is 12.7. The lowest BCUT2D eigenvalue weighted by Gasteiger charge is -2.20. The molecule has 0 spiro atoms. The Labute approximate surface area is 363 Å². The number of aliphatic hydroxyl groups excluding tert-OH is 2. The van der Waals surface area contributed by atoms with Crippen LogP contribution in [0.5, 0.6) is 0 Å². The predicted molar refractivity (Wildman–Crippen MR) is 247 cm³/mol. The number of allylic oxidation sites excluding steroid dienone is 6. The molecule has 0 rings (SSSR count). The maximum Gasteiger partial charge on any atom is 0.472 e. The maximum atomic E-state index is 12.7. The Morgan fingerprint density at radius 1 is 0.525 bits per heavy atom. The third kappa shape index (κ3) is 46.0. The molecule has 3 atom stereocenters. The first-order valence-corrected chi connectivity index (χ1v) is 26.0. The van der Waals surface area contributed by atoms with Crippen LogP contribution in [0.2, 0.25) is 0 Å². The summed E-state index contributed by atoms with van der Waals surface area (Å²) in [7, 11) is -4.52. The summed E-state index contributed by atoms with van der Waals surface area (Å²) in [5.41, 5.74) is 0. The molecule has 0 aromatic carbocycles. The van der Waals surface area contributed by atoms with Crippen LogP contribution < -0.4 is 0 Å². The molecule has 348 valence electrons. The molecular formula is C49H93O9P. The van der Waals surface area contributed by atoms with Crippen LogP contribution in [0.4, 0.5) is 0 Å². The number of carbonyl (C=O) groups is 1. The fourth-order valence-corrected chi connectivity index (χ4v) is 7.58. The van der Waals surface area contributed by atoms with Gasteiger partial charge in [0.2, 0.25) is 0 Å². The van der Waals surface area contributed by atoms with Crippen LogP contribution in [-0.4, -0.2) is 66.3 Å². The number of hydrogen-bond donors (Lipinski definition) is 3. The second-order valence-corrected chi connectivity index (χ2v) is 17.9. The molecule has 0 aromatic heterocycles. The lowest BCUT2D eigenvalue weighted by Crippen LogP contribution is -2.29. The van der Waals surface area contributed by atoms with Crippen molar-refractivity contribution < 1.29 is 43.0 Å². The van der Waals surface area contributed by atoms with Crippen LogP contribution in [0, 0.1) is 0 Å². The summed E-state index contributed by atoms with van der Waals surface area (Å²) >= 11 is 0. The van der Waals surface area contributed by atoms with E-state index in [0.717, 1.165) is 51.4 Å². The molecule has 0 aromatic rings. The van der Waals surface area contributed by atoms with Crippen LogP contribution in [0.25, 0.3) is 0 Å². The van der Waals surface area contributed by atoms with Gasteiger partial charge in [-0.05, 0) is 70.6 Å². The van der Waals surface area contributed by atoms with E-state index in [1.54, 1.807) is 0 Å². The number of esters is 1. The topological polar surface area (TPSA) is 132 Å². The Balaban J connectivity index is 4.11. The highest BCUT2D eigenvalue weighted by Crippen LogP contribution is 2.43. The monoisotopic (exact) mass is 857 g/mol. The summed E-state index contributed by atoms with van der Waals surface area (Å²) in [6.45, 7) is 3.51. The zero-order valence-electron chi connectivity index (χ0n) is 38.2. The van der Waals surface area contributed by atoms with Gasteiger partial charge < -0.3 is 24.6 Å². The minimum Gasteiger partial charge on any atom is -0.457 e. The van der Waals surface area contributed by atoms with Gasteiger partial charge in [0.25, 0.3) is 0 Å². The van der Waals surface area contributed by atoms with Crippen molar-refractivity contribution in [3.8, 4) is 0 Å². The molecule has 10 heteroatoms. The van der Waals surface area contributed by atoms with Crippen molar-refractivity contribution in [2.24, 2.45) is 0 Å². The van der Waals surface area contributed by atoms with Crippen molar-refractivity contribution in [1.82, 2.24) is 0 Å². The van der Waals surface area contributed by atoms with Crippen molar-refractivity contribution in [1.29, 1.82) is 0 Å². The highest BCUT2D eigenvalue weighted by molar-refractivity contribution is 7.47. The first kappa shape index (κ1) is 57.7. The summed E-state index contributed by atoms with van der Waals surface area (Å²) in [6.07, 6.45) is 51.0. The first-order valence-electron chi connectivity index (χ1n) is 24.5. The Bertz CT molecular complexity index is 1020. The summed E-state index contributed by atoms with van der Waals surface area (Å²) in [5, 5.41) is 18.4. The second-order valence-electron chi connectivity index (χ2n) is 16.5. The zero-order chi connectivity index (χ0) is 43.2. The van der Waals surface area contributed by atoms with E-state index in [4.69, 9.17) is 23.6 Å². The normalized spacial score (nSPS) is 14.2. The van der Waals surface area contributed by atoms with Gasteiger partial charge >= 0.3 is 13.8 Å². The van der Waals surface area contributed by atoms with Crippen molar-refractivity contribution >= 4 is 13.8 Å². The minimum absolute atomic E-state index is 0.0459. The number of rotatable bonds is 47. The Hall–Kier alpha value is -1.32. The van der Waals surface area contributed by atoms with Gasteiger partial charge in [-0.1, -0.05) is 185 Å². The van der Waals surface area contributed by atoms with Gasteiger partial charge in [0.15, 0.2) is 0 Å². The van der Waals surface area contributed by atoms with Crippen LogP contribution in [0.15, 0.2) is 36.5 Å². The quantitative estimate of drug-likeness (QED) is 0.0237. The van der Waals surface area contributed by atoms with Crippen LogP contribution in [0.3, 0.4) is 0 Å². The van der Waals surface area contributed by atoms with E-state index in [-0.39, 0.29) is 25.6 Å². The number of carbonyl (C=O) groups excluding carboxylic acids is 1. The molecule has 0 aliphatic rings. The lowest BCUT2D eigenvalue weighted by atomic mass is 10.1. The number of phosphoric acid groups is 1. The van der Waals surface area contributed by atoms with Crippen LogP contribution in [0.1, 0.15) is 226 Å². The van der Waals surface area contributed by atoms with E-state index in [0.29, 0.717) is 6.61 Å². The molecule has 0 radical (unpaired) electrons. The number of ether oxygens (including phenoxy) is 2. The molecule has 9 nitrogen and oxygen atoms in total. The lowest BCUT2D eigenvalue weighted by molar-refractivity contribution is -0.154. The van der Waals surface area contributed by atoms with Gasteiger partial charge in [0.05, 0.1) is 26.4 Å². The number of aliphatic hydroxyl groups is 2. The standard InChI is InChI=1S/C49H93O9P/c1-3-5-7-9-11-13-15-17-19-21-23-25-27-29-31-33-35-37-39-41-49(52)58-48(46-57-59(53,54)56-44-47(51)43-50)45-55-42-40-38-36-34-32-30-28-26-24-22-20-18-16-14-12-10-8-6-4-2/h14,16-17,19-20,22,47-48,50-51H,3-13,15,18,21,23-46H2,1-2H3,(H,53,54)/b16-14-,19-17-,22-20-. The second kappa shape index (κ2) is 46.2. The third-order valence-corrected chi connectivity index (χ3v) is 11.5. The summed E-state index contributed by atoms with van der Waals surface area (Å²) in [6, 6.07) is 0. The van der Waals surface area contributed by atoms with Crippen LogP contribution >= 0.6 is 7.82 Å². The fraction of sp³-hybridized carbons (Fsp3) is 0.857. The van der Waals surface area contributed by atoms with Crippen molar-refractivity contribution in [2.75, 3.05) is 33.0 Å². The van der Waals surface area contributed by atoms with E-state index in [2.05, 4.69) is 50.3 Å². The molecule has 0 saturated heterocycles. The fourth-order valence-electron chi connectivity index (χ4n) is 6.79. The van der Waals surface area contributed by atoms with Crippen molar-refractivity contribution in [2.45, 2.75) is 238 Å². The van der Waals surface area contributed by atoms with Gasteiger partial charge in [-0.25, -0.2) is 4.57 Å². The van der Waals surface area contributed by atoms with E-state index < -0.39 is 33.2 Å².